The van der Waals surface area contributed by atoms with Gasteiger partial charge < -0.3 is 4.57 Å². The van der Waals surface area contributed by atoms with Gasteiger partial charge in [0.15, 0.2) is 46.9 Å². The Morgan fingerprint density at radius 3 is 1.26 bits per heavy atom. The fraction of sp³-hybridized carbons (Fsp3) is 0.247. The lowest BCUT2D eigenvalue weighted by molar-refractivity contribution is 0.0790. The lowest BCUT2D eigenvalue weighted by Gasteiger charge is -2.43. The van der Waals surface area contributed by atoms with Crippen molar-refractivity contribution in [3.05, 3.63) is 333 Å². The van der Waals surface area contributed by atoms with Gasteiger partial charge in [0.1, 0.15) is 40.4 Å². The molecule has 6 atom stereocenters. The number of halogens is 4. The first-order chi connectivity index (χ1) is 55.2. The van der Waals surface area contributed by atoms with E-state index in [9.17, 15) is 57.2 Å². The number of sulfone groups is 3. The number of rotatable bonds is 16. The van der Waals surface area contributed by atoms with Crippen molar-refractivity contribution in [3.63, 3.8) is 0 Å². The van der Waals surface area contributed by atoms with Crippen LogP contribution in [0.25, 0.3) is 35.3 Å². The van der Waals surface area contributed by atoms with E-state index in [1.54, 1.807) is 160 Å². The molecule has 3 saturated carbocycles. The van der Waals surface area contributed by atoms with Gasteiger partial charge in [0.2, 0.25) is 0 Å². The number of benzene rings is 5. The quantitative estimate of drug-likeness (QED) is 0.0495. The van der Waals surface area contributed by atoms with Crippen molar-refractivity contribution in [2.75, 3.05) is 0 Å². The molecule has 3 fully saturated rings. The maximum atomic E-state index is 14.3. The highest BCUT2D eigenvalue weighted by atomic mass is 32.2. The highest BCUT2D eigenvalue weighted by Crippen LogP contribution is 2.55. The minimum absolute atomic E-state index is 0.0555. The second kappa shape index (κ2) is 30.6. The molecular weight excluding hydrogens is 1530 g/mol. The summed E-state index contributed by atoms with van der Waals surface area (Å²) in [5.41, 5.74) is 9.32. The van der Waals surface area contributed by atoms with Crippen LogP contribution in [-0.4, -0.2) is 107 Å². The Bertz CT molecular complexity index is 6270. The van der Waals surface area contributed by atoms with E-state index >= 15 is 0 Å². The number of aromatic nitrogens is 10. The van der Waals surface area contributed by atoms with Crippen LogP contribution in [0.15, 0.2) is 252 Å². The first-order valence-electron chi connectivity index (χ1n) is 37.8. The number of nitrogens with zero attached hydrogens (tertiary/aromatic N) is 10. The molecule has 115 heavy (non-hydrogen) atoms. The first kappa shape index (κ1) is 77.2. The third kappa shape index (κ3) is 14.6. The molecule has 6 aliphatic rings. The molecule has 0 saturated heterocycles. The summed E-state index contributed by atoms with van der Waals surface area (Å²) in [7, 11) is -9.23. The Balaban J connectivity index is 0.000000130. The minimum Gasteiger partial charge on any atom is -0.356 e. The molecule has 0 unspecified atom stereocenters. The summed E-state index contributed by atoms with van der Waals surface area (Å²) in [6.07, 6.45) is 23.0. The van der Waals surface area contributed by atoms with Crippen LogP contribution in [-0.2, 0) is 61.6 Å². The van der Waals surface area contributed by atoms with Crippen molar-refractivity contribution >= 4 is 65.1 Å². The average molecular weight is 1600 g/mol. The third-order valence-corrected chi connectivity index (χ3v) is 30.0. The van der Waals surface area contributed by atoms with Crippen molar-refractivity contribution in [3.8, 4) is 17.1 Å². The Morgan fingerprint density at radius 1 is 0.443 bits per heavy atom. The smallest absolute Gasteiger partial charge is 0.191 e. The number of aryl methyl sites for hydroxylation is 3. The predicted octanol–water partition coefficient (Wildman–Crippen LogP) is 16.0. The Morgan fingerprint density at radius 2 is 0.852 bits per heavy atom. The van der Waals surface area contributed by atoms with E-state index in [0.29, 0.717) is 79.8 Å². The van der Waals surface area contributed by atoms with Gasteiger partial charge in [0.05, 0.1) is 100 Å². The van der Waals surface area contributed by atoms with Crippen LogP contribution < -0.4 is 0 Å². The lowest BCUT2D eigenvalue weighted by Crippen LogP contribution is -2.46. The number of fused-ring (bicyclic) bond motifs is 6. The van der Waals surface area contributed by atoms with E-state index in [4.69, 9.17) is 0 Å². The Hall–Kier alpha value is -11.7. The van der Waals surface area contributed by atoms with Gasteiger partial charge in [-0.3, -0.25) is 29.3 Å². The van der Waals surface area contributed by atoms with Gasteiger partial charge in [-0.15, -0.1) is 0 Å². The summed E-state index contributed by atoms with van der Waals surface area (Å²) >= 11 is 0. The second-order valence-electron chi connectivity index (χ2n) is 30.7. The number of carbonyl (C=O) groups excluding carboxylic acids is 3. The van der Waals surface area contributed by atoms with E-state index in [2.05, 4.69) is 30.2 Å². The van der Waals surface area contributed by atoms with Gasteiger partial charge in [-0.25, -0.2) is 56.9 Å². The monoisotopic (exact) mass is 1600 g/mol. The van der Waals surface area contributed by atoms with E-state index in [0.717, 1.165) is 61.6 Å². The molecule has 0 amide bonds. The number of hydrogen-bond donors (Lipinski definition) is 0. The summed E-state index contributed by atoms with van der Waals surface area (Å²) in [6, 6.07) is 46.7. The third-order valence-electron chi connectivity index (χ3n) is 23.5. The van der Waals surface area contributed by atoms with Crippen molar-refractivity contribution < 1.29 is 57.2 Å². The van der Waals surface area contributed by atoms with Crippen LogP contribution in [0.1, 0.15) is 140 Å². The summed E-state index contributed by atoms with van der Waals surface area (Å²) in [5, 5.41) is 11.4. The van der Waals surface area contributed by atoms with Crippen LogP contribution in [0, 0.1) is 53.4 Å². The Kier molecular flexibility index (Phi) is 20.5. The molecule has 19 nitrogen and oxygen atoms in total. The summed E-state index contributed by atoms with van der Waals surface area (Å²) in [6.45, 7) is 3.44. The molecule has 0 spiro atoms. The molecular formula is C89H78F4N10O9S3. The van der Waals surface area contributed by atoms with Crippen LogP contribution in [0.5, 0.6) is 0 Å². The zero-order valence-electron chi connectivity index (χ0n) is 62.9. The van der Waals surface area contributed by atoms with Crippen molar-refractivity contribution in [1.82, 2.24) is 48.9 Å². The molecule has 7 heterocycles. The molecule has 0 radical (unpaired) electrons. The summed E-state index contributed by atoms with van der Waals surface area (Å²) in [5.74, 6) is -2.10. The number of pyridine rings is 3. The van der Waals surface area contributed by atoms with Crippen molar-refractivity contribution in [2.45, 2.75) is 122 Å². The molecule has 5 aromatic carbocycles. The lowest BCUT2D eigenvalue weighted by atomic mass is 9.61. The first-order valence-corrected chi connectivity index (χ1v) is 42.6. The largest absolute Gasteiger partial charge is 0.356 e. The average Bonchev–Trinajstić information content (AvgIpc) is 1.72. The van der Waals surface area contributed by atoms with E-state index < -0.39 is 67.3 Å². The summed E-state index contributed by atoms with van der Waals surface area (Å²) < 4.78 is 144. The normalized spacial score (nSPS) is 20.8. The molecule has 0 bridgehead atoms. The minimum atomic E-state index is -3.85. The topological polar surface area (TPSA) is 251 Å². The SMILES string of the molecule is Cc1cc(S(=O)(=O)[C@H]2CCC3=Cc4c(cnn4-c4ccc(F)cc4)C[C@]3(C(=O)c3ccccn3)C2)ccc1F.Cc1ccnc(C(=O)[C@]23Cc4cnn(-c5ccc(F)cc5)c4C=C2CC[C@H](S(=O)(=O)c2ccn(C)c2)C3)c1.O=C(c1ccccn1)[C@]12Cc3cnn(-c4ccc(F)cc4)c3C=C1CC[C@H](S(=O)(=O)Cc1ccccc1)C2. The Labute approximate surface area is 662 Å². The predicted molar refractivity (Wildman–Crippen MR) is 426 cm³/mol. The molecule has 6 aliphatic carbocycles. The molecule has 584 valence electrons. The maximum absolute atomic E-state index is 14.3. The zero-order valence-corrected chi connectivity index (χ0v) is 65.4. The number of hydrogen-bond acceptors (Lipinski definition) is 15. The zero-order chi connectivity index (χ0) is 80.3. The van der Waals surface area contributed by atoms with E-state index in [-0.39, 0.29) is 87.3 Å². The molecule has 0 aliphatic heterocycles. The van der Waals surface area contributed by atoms with E-state index in [1.807, 2.05) is 61.5 Å². The molecule has 0 N–H and O–H groups in total. The summed E-state index contributed by atoms with van der Waals surface area (Å²) in [4.78, 5) is 55.9. The van der Waals surface area contributed by atoms with Crippen LogP contribution in [0.3, 0.4) is 0 Å². The number of ketones is 3. The number of carbonyl (C=O) groups is 3. The molecule has 12 aromatic rings. The van der Waals surface area contributed by atoms with Crippen molar-refractivity contribution in [1.29, 1.82) is 0 Å². The van der Waals surface area contributed by atoms with Crippen LogP contribution >= 0.6 is 0 Å². The second-order valence-corrected chi connectivity index (χ2v) is 37.4. The highest BCUT2D eigenvalue weighted by Gasteiger charge is 2.55. The standard InChI is InChI=1S/C30H25F2N3O3S.C30H26FN3O3S.C29H27FN4O3S/c1-19-14-24(11-12-26(19)32)39(37,38)25-10-5-21-15-28-20(18-34-35(28)23-8-6-22(31)7-9-23)16-30(21,17-25)29(36)27-4-2-3-13-33-27;31-24-10-12-25(13-11-24)34-28-16-23-9-14-26(38(36,37)20-21-6-2-1-3-7-21)18-30(23,17-22(28)19-33-34)29(35)27-8-4-5-15-32-27;1-19-9-11-31-26(13-19)28(35)29-15-20-17-32-34(23-6-4-22(30)5-7-23)27(20)14-21(29)3-8-24(16-29)38(36,37)25-10-12-33(2)18-25/h2-4,6-9,11-15,18,25H,5,10,16-17H2,1H3;1-8,10-13,15-16,19,26H,9,14,17-18,20H2;4-7,9-14,17-18,24H,3,8,15-16H2,1-2H3/t25-,30-;26-,30-;24-,29-/m000/s1. The van der Waals surface area contributed by atoms with E-state index in [1.165, 1.54) is 61.5 Å². The highest BCUT2D eigenvalue weighted by molar-refractivity contribution is 7.92. The number of allylic oxidation sites excluding steroid dienone is 3. The molecule has 26 heteroatoms. The van der Waals surface area contributed by atoms with Crippen LogP contribution in [0.2, 0.25) is 0 Å². The fourth-order valence-electron chi connectivity index (χ4n) is 17.5. The molecule has 18 rings (SSSR count). The van der Waals surface area contributed by atoms with Gasteiger partial charge in [-0.1, -0.05) is 59.2 Å². The van der Waals surface area contributed by atoms with Gasteiger partial charge in [-0.05, 0) is 276 Å². The van der Waals surface area contributed by atoms with Gasteiger partial charge >= 0.3 is 0 Å². The van der Waals surface area contributed by atoms with Gasteiger partial charge in [0, 0.05) is 38.0 Å². The fourth-order valence-corrected chi connectivity index (χ4v) is 23.2. The molecule has 7 aromatic heterocycles. The van der Waals surface area contributed by atoms with Crippen molar-refractivity contribution in [2.24, 2.45) is 23.3 Å². The maximum Gasteiger partial charge on any atom is 0.191 e. The van der Waals surface area contributed by atoms with Gasteiger partial charge in [-0.2, -0.15) is 15.3 Å². The van der Waals surface area contributed by atoms with Crippen LogP contribution in [0.4, 0.5) is 17.6 Å². The van der Waals surface area contributed by atoms with Gasteiger partial charge in [0.25, 0.3) is 0 Å². The number of Topliss-reactive ketones (excluding diaryl/α,β-unsaturated/α-hetero) is 3.